The first-order valence-corrected chi connectivity index (χ1v) is 40.0. The number of anilines is 6. The van der Waals surface area contributed by atoms with Crippen molar-refractivity contribution < 1.29 is 8.83 Å². The van der Waals surface area contributed by atoms with E-state index in [0.29, 0.717) is 6.42 Å². The van der Waals surface area contributed by atoms with E-state index in [0.717, 1.165) is 83.6 Å². The topological polar surface area (TPSA) is 32.8 Å². The number of benzene rings is 16. The van der Waals surface area contributed by atoms with Gasteiger partial charge in [0.25, 0.3) is 0 Å². The van der Waals surface area contributed by atoms with E-state index in [1.165, 1.54) is 131 Å². The van der Waals surface area contributed by atoms with Crippen LogP contribution < -0.4 is 9.80 Å². The molecule has 0 saturated carbocycles. The average molecular weight is 1440 g/mol. The second kappa shape index (κ2) is 22.8. The molecule has 2 spiro atoms. The molecule has 0 amide bonds. The highest BCUT2D eigenvalue weighted by Crippen LogP contribution is 2.67. The van der Waals surface area contributed by atoms with Gasteiger partial charge in [0.2, 0.25) is 0 Å². The summed E-state index contributed by atoms with van der Waals surface area (Å²) in [6.45, 7) is 7.25. The molecule has 110 heavy (non-hydrogen) atoms. The molecule has 0 saturated heterocycles. The van der Waals surface area contributed by atoms with Gasteiger partial charge < -0.3 is 18.6 Å². The fourth-order valence-electron chi connectivity index (χ4n) is 21.2. The maximum Gasteiger partial charge on any atom is 0.138 e. The second-order valence-corrected chi connectivity index (χ2v) is 33.5. The highest BCUT2D eigenvalue weighted by atomic mass is 32.2. The Bertz CT molecular complexity index is 6980. The van der Waals surface area contributed by atoms with Crippen LogP contribution in [0, 0.1) is 0 Å². The molecular weight excluding hydrogens is 1370 g/mol. The Kier molecular flexibility index (Phi) is 12.9. The summed E-state index contributed by atoms with van der Waals surface area (Å²) in [5, 5.41) is 4.32. The van der Waals surface area contributed by atoms with Crippen LogP contribution in [0.15, 0.2) is 374 Å². The van der Waals surface area contributed by atoms with Gasteiger partial charge in [-0.1, -0.05) is 293 Å². The van der Waals surface area contributed by atoms with E-state index in [1.807, 2.05) is 23.5 Å². The van der Waals surface area contributed by atoms with Gasteiger partial charge in [0.1, 0.15) is 22.3 Å². The monoisotopic (exact) mass is 1440 g/mol. The summed E-state index contributed by atoms with van der Waals surface area (Å²) in [5.74, 6) is 0. The molecule has 0 fully saturated rings. The fourth-order valence-corrected chi connectivity index (χ4v) is 23.5. The summed E-state index contributed by atoms with van der Waals surface area (Å²) in [6, 6.07) is 131. The van der Waals surface area contributed by atoms with Crippen molar-refractivity contribution in [3.63, 3.8) is 0 Å². The number of rotatable bonds is 8. The van der Waals surface area contributed by atoms with Crippen LogP contribution in [0.5, 0.6) is 0 Å². The molecule has 2 aliphatic heterocycles. The van der Waals surface area contributed by atoms with Gasteiger partial charge in [-0.05, 0) is 215 Å². The Hall–Kier alpha value is -12.6. The van der Waals surface area contributed by atoms with Crippen molar-refractivity contribution >= 4 is 102 Å². The first-order chi connectivity index (χ1) is 54.2. The highest BCUT2D eigenvalue weighted by molar-refractivity contribution is 7.99. The average Bonchev–Trinajstić information content (AvgIpc) is 1.49. The lowest BCUT2D eigenvalue weighted by atomic mass is 9.67. The van der Waals surface area contributed by atoms with Crippen molar-refractivity contribution in [2.45, 2.75) is 68.4 Å². The molecule has 2 aromatic heterocycles. The van der Waals surface area contributed by atoms with Crippen LogP contribution in [-0.2, 0) is 28.1 Å². The summed E-state index contributed by atoms with van der Waals surface area (Å²) >= 11 is 3.77. The quantitative estimate of drug-likeness (QED) is 0.151. The van der Waals surface area contributed by atoms with E-state index in [4.69, 9.17) is 8.83 Å². The number of nitrogens with zero attached hydrogens (tertiary/aromatic N) is 2. The molecule has 518 valence electrons. The molecule has 0 bridgehead atoms. The third kappa shape index (κ3) is 8.18. The molecule has 4 nitrogen and oxygen atoms in total. The SMILES string of the molecule is CC1(C)c2ccccc2-c2c(N(c3ccc4c(c3)C3(c5ccccc5S4)c4ccccc4-c4ccccc43)c3cccc4oc5c(CC6(C)c7ccccc7-c7cc(N(c8ccc9c(c8)C8(c%10ccccc%10S9)c9ccccc9-c9ccccc98)c8cccc9oc%10ccccc%10c89)ccc76)cccc5c34)cccc21. The maximum atomic E-state index is 7.54. The third-order valence-electron chi connectivity index (χ3n) is 25.7. The van der Waals surface area contributed by atoms with Gasteiger partial charge in [0.15, 0.2) is 0 Å². The Labute approximate surface area is 646 Å². The van der Waals surface area contributed by atoms with E-state index in [2.05, 4.69) is 376 Å². The predicted molar refractivity (Wildman–Crippen MR) is 453 cm³/mol. The third-order valence-corrected chi connectivity index (χ3v) is 28.0. The smallest absolute Gasteiger partial charge is 0.138 e. The summed E-state index contributed by atoms with van der Waals surface area (Å²) in [6.07, 6.45) is 0.693. The molecule has 4 heterocycles. The Morgan fingerprint density at radius 3 is 1.28 bits per heavy atom. The van der Waals surface area contributed by atoms with Crippen molar-refractivity contribution in [1.82, 2.24) is 0 Å². The largest absolute Gasteiger partial charge is 0.456 e. The second-order valence-electron chi connectivity index (χ2n) is 31.4. The first kappa shape index (κ1) is 62.5. The molecule has 6 aliphatic rings. The van der Waals surface area contributed by atoms with Gasteiger partial charge in [0, 0.05) is 63.8 Å². The van der Waals surface area contributed by atoms with Gasteiger partial charge in [0.05, 0.1) is 38.7 Å². The van der Waals surface area contributed by atoms with Gasteiger partial charge in [-0.25, -0.2) is 0 Å². The Balaban J connectivity index is 0.682. The number of hydrogen-bond acceptors (Lipinski definition) is 6. The molecule has 1 atom stereocenters. The zero-order valence-electron chi connectivity index (χ0n) is 60.6. The lowest BCUT2D eigenvalue weighted by Gasteiger charge is -2.40. The van der Waals surface area contributed by atoms with E-state index in [1.54, 1.807) is 0 Å². The van der Waals surface area contributed by atoms with Crippen molar-refractivity contribution in [2.24, 2.45) is 0 Å². The highest BCUT2D eigenvalue weighted by Gasteiger charge is 2.53. The number of furan rings is 2. The number of hydrogen-bond donors (Lipinski definition) is 0. The van der Waals surface area contributed by atoms with Crippen molar-refractivity contribution in [3.8, 4) is 44.5 Å². The fraction of sp³-hybridized carbons (Fsp3) is 0.0769. The van der Waals surface area contributed by atoms with Crippen LogP contribution in [-0.4, -0.2) is 0 Å². The van der Waals surface area contributed by atoms with Crippen molar-refractivity contribution in [1.29, 1.82) is 0 Å². The minimum atomic E-state index is -0.573. The molecule has 1 unspecified atom stereocenters. The van der Waals surface area contributed by atoms with Crippen molar-refractivity contribution in [3.05, 3.63) is 418 Å². The summed E-state index contributed by atoms with van der Waals surface area (Å²) in [4.78, 5) is 10.2. The summed E-state index contributed by atoms with van der Waals surface area (Å²) in [7, 11) is 0. The van der Waals surface area contributed by atoms with E-state index < -0.39 is 16.2 Å². The van der Waals surface area contributed by atoms with E-state index >= 15 is 0 Å². The normalized spacial score (nSPS) is 16.0. The summed E-state index contributed by atoms with van der Waals surface area (Å²) in [5.41, 5.74) is 35.1. The first-order valence-electron chi connectivity index (χ1n) is 38.3. The van der Waals surface area contributed by atoms with Crippen LogP contribution in [0.3, 0.4) is 0 Å². The van der Waals surface area contributed by atoms with Crippen LogP contribution in [0.1, 0.15) is 93.1 Å². The van der Waals surface area contributed by atoms with Crippen LogP contribution >= 0.6 is 23.5 Å². The zero-order valence-corrected chi connectivity index (χ0v) is 62.3. The van der Waals surface area contributed by atoms with Gasteiger partial charge in [-0.15, -0.1) is 0 Å². The molecule has 24 rings (SSSR count). The molecule has 16 aromatic carbocycles. The zero-order chi connectivity index (χ0) is 72.5. The molecule has 18 aromatic rings. The van der Waals surface area contributed by atoms with Crippen LogP contribution in [0.25, 0.3) is 88.4 Å². The Morgan fingerprint density at radius 1 is 0.273 bits per heavy atom. The van der Waals surface area contributed by atoms with Gasteiger partial charge in [-0.3, -0.25) is 0 Å². The maximum absolute atomic E-state index is 7.54. The standard InChI is InChI=1S/C104H68N2O2S2/c1-101(2)75-35-11-9-32-71(75)97-84(101)43-23-44-87(97)106(65-54-57-96-86(60-65)104(83-42-18-21-51-94(83)110-96)80-39-15-7-29-68(80)69-30-8-16-40-81(69)104)89-46-25-49-92-99(89)73-34-22-26-62(100(73)108-92)61-102(3)76-36-12-4-31-70(76)74-58-63(52-55-77(74)102)105(88-45-24-48-91-98(88)72-33-10-19-47-90(72)107-91)64-53-56-95-85(59-64)103(82-41-17-20-50-93(82)109-95)78-37-13-5-27-66(78)67-28-6-14-38-79(67)103/h4-60H,61H2,1-3H3. The lowest BCUT2D eigenvalue weighted by molar-refractivity contribution is 0.575. The Morgan fingerprint density at radius 2 is 0.673 bits per heavy atom. The summed E-state index contributed by atoms with van der Waals surface area (Å²) < 4.78 is 14.3. The van der Waals surface area contributed by atoms with Gasteiger partial charge in [-0.2, -0.15) is 0 Å². The van der Waals surface area contributed by atoms with Crippen molar-refractivity contribution in [2.75, 3.05) is 9.80 Å². The minimum Gasteiger partial charge on any atom is -0.456 e. The van der Waals surface area contributed by atoms with Crippen LogP contribution in [0.2, 0.25) is 0 Å². The van der Waals surface area contributed by atoms with E-state index in [9.17, 15) is 0 Å². The molecule has 0 radical (unpaired) electrons. The van der Waals surface area contributed by atoms with E-state index in [-0.39, 0.29) is 5.41 Å². The number of para-hydroxylation sites is 2. The molecule has 6 heteroatoms. The minimum absolute atomic E-state index is 0.233. The van der Waals surface area contributed by atoms with Crippen LogP contribution in [0.4, 0.5) is 34.1 Å². The van der Waals surface area contributed by atoms with Gasteiger partial charge >= 0.3 is 0 Å². The molecule has 4 aliphatic carbocycles. The lowest BCUT2D eigenvalue weighted by Crippen LogP contribution is -2.32. The number of fused-ring (bicyclic) bond motifs is 30. The predicted octanol–water partition coefficient (Wildman–Crippen LogP) is 27.9. The molecular formula is C104H68N2O2S2. The molecule has 0 N–H and O–H groups in total.